The predicted molar refractivity (Wildman–Crippen MR) is 72.6 cm³/mol. The van der Waals surface area contributed by atoms with E-state index in [0.717, 1.165) is 5.56 Å². The van der Waals surface area contributed by atoms with Crippen molar-refractivity contribution in [2.75, 3.05) is 0 Å². The van der Waals surface area contributed by atoms with Gasteiger partial charge >= 0.3 is 5.97 Å². The first-order valence-electron chi connectivity index (χ1n) is 6.11. The quantitative estimate of drug-likeness (QED) is 0.614. The molecule has 1 heterocycles. The number of carbonyl (C=O) groups is 2. The molecule has 0 N–H and O–H groups in total. The number of hydrogen-bond donors (Lipinski definition) is 0. The van der Waals surface area contributed by atoms with Gasteiger partial charge in [0.25, 0.3) is 0 Å². The molecule has 1 aliphatic heterocycles. The third-order valence-electron chi connectivity index (χ3n) is 3.38. The molecule has 3 heteroatoms. The van der Waals surface area contributed by atoms with Gasteiger partial charge in [-0.25, -0.2) is 4.79 Å². The number of esters is 1. The van der Waals surface area contributed by atoms with Gasteiger partial charge in [0.1, 0.15) is 5.60 Å². The molecule has 0 bridgehead atoms. The third kappa shape index (κ3) is 2.50. The van der Waals surface area contributed by atoms with E-state index in [0.29, 0.717) is 5.57 Å². The average molecular weight is 256 g/mol. The highest BCUT2D eigenvalue weighted by Crippen LogP contribution is 2.40. The first kappa shape index (κ1) is 13.3. The lowest BCUT2D eigenvalue weighted by molar-refractivity contribution is -0.145. The van der Waals surface area contributed by atoms with E-state index in [9.17, 15) is 9.59 Å². The maximum Gasteiger partial charge on any atom is 0.331 e. The van der Waals surface area contributed by atoms with E-state index in [2.05, 4.69) is 6.58 Å². The molecule has 2 rings (SSSR count). The Morgan fingerprint density at radius 1 is 1.32 bits per heavy atom. The zero-order valence-corrected chi connectivity index (χ0v) is 11.1. The summed E-state index contributed by atoms with van der Waals surface area (Å²) in [5.74, 6) is -0.861. The van der Waals surface area contributed by atoms with Crippen molar-refractivity contribution in [2.45, 2.75) is 25.4 Å². The van der Waals surface area contributed by atoms with E-state index in [-0.39, 0.29) is 17.7 Å². The Morgan fingerprint density at radius 3 is 2.42 bits per heavy atom. The largest absolute Gasteiger partial charge is 0.451 e. The number of Topliss-reactive ketones (excluding diaryl/α,β-unsaturated/α-hetero) is 1. The molecule has 0 radical (unpaired) electrons. The van der Waals surface area contributed by atoms with Crippen LogP contribution in [0.25, 0.3) is 0 Å². The molecule has 0 amide bonds. The first-order valence-corrected chi connectivity index (χ1v) is 6.11. The molecule has 1 aliphatic rings. The summed E-state index contributed by atoms with van der Waals surface area (Å²) >= 11 is 0. The van der Waals surface area contributed by atoms with Crippen LogP contribution in [0.5, 0.6) is 0 Å². The predicted octanol–water partition coefficient (Wildman–Crippen LogP) is 2.79. The van der Waals surface area contributed by atoms with E-state index < -0.39 is 5.60 Å². The fourth-order valence-corrected chi connectivity index (χ4v) is 2.40. The van der Waals surface area contributed by atoms with Gasteiger partial charge in [-0.3, -0.25) is 4.79 Å². The first-order chi connectivity index (χ1) is 8.94. The van der Waals surface area contributed by atoms with Crippen molar-refractivity contribution in [1.29, 1.82) is 0 Å². The van der Waals surface area contributed by atoms with Crippen LogP contribution in [-0.4, -0.2) is 17.4 Å². The molecule has 19 heavy (non-hydrogen) atoms. The van der Waals surface area contributed by atoms with Gasteiger partial charge in [0, 0.05) is 6.08 Å². The van der Waals surface area contributed by atoms with Crippen molar-refractivity contribution in [3.8, 4) is 0 Å². The zero-order valence-electron chi connectivity index (χ0n) is 11.1. The summed E-state index contributed by atoms with van der Waals surface area (Å²) in [4.78, 5) is 23.0. The molecule has 1 aromatic rings. The molecule has 3 nitrogen and oxygen atoms in total. The van der Waals surface area contributed by atoms with Crippen LogP contribution >= 0.6 is 0 Å². The molecule has 0 aliphatic carbocycles. The minimum absolute atomic E-state index is 0.105. The van der Waals surface area contributed by atoms with Crippen LogP contribution in [-0.2, 0) is 14.3 Å². The van der Waals surface area contributed by atoms with Crippen molar-refractivity contribution >= 4 is 11.8 Å². The number of benzene rings is 1. The highest BCUT2D eigenvalue weighted by atomic mass is 16.6. The molecule has 0 spiro atoms. The van der Waals surface area contributed by atoms with E-state index in [1.165, 1.54) is 13.0 Å². The highest BCUT2D eigenvalue weighted by molar-refractivity contribution is 5.95. The Bertz CT molecular complexity index is 557. The topological polar surface area (TPSA) is 43.4 Å². The van der Waals surface area contributed by atoms with Crippen LogP contribution in [0, 0.1) is 0 Å². The SMILES string of the molecule is C=C(C(C)=O)[C@@H](c1ccccc1)[C@]1(C)C=CC(=O)O1. The summed E-state index contributed by atoms with van der Waals surface area (Å²) in [5.41, 5.74) is 0.485. The monoisotopic (exact) mass is 256 g/mol. The zero-order chi connectivity index (χ0) is 14.0. The van der Waals surface area contributed by atoms with Gasteiger partial charge in [-0.15, -0.1) is 0 Å². The van der Waals surface area contributed by atoms with Crippen molar-refractivity contribution in [2.24, 2.45) is 0 Å². The fraction of sp³-hybridized carbons (Fsp3) is 0.250. The highest BCUT2D eigenvalue weighted by Gasteiger charge is 2.42. The van der Waals surface area contributed by atoms with Crippen LogP contribution in [0.3, 0.4) is 0 Å². The molecule has 2 atom stereocenters. The Labute approximate surface area is 112 Å². The molecule has 0 fully saturated rings. The number of carbonyl (C=O) groups excluding carboxylic acids is 2. The lowest BCUT2D eigenvalue weighted by Crippen LogP contribution is -2.35. The van der Waals surface area contributed by atoms with Crippen molar-refractivity contribution in [3.63, 3.8) is 0 Å². The van der Waals surface area contributed by atoms with E-state index in [1.807, 2.05) is 30.3 Å². The van der Waals surface area contributed by atoms with Crippen LogP contribution in [0.1, 0.15) is 25.3 Å². The van der Waals surface area contributed by atoms with E-state index in [1.54, 1.807) is 13.0 Å². The molecule has 0 saturated heterocycles. The van der Waals surface area contributed by atoms with E-state index in [4.69, 9.17) is 4.74 Å². The second kappa shape index (κ2) is 4.84. The van der Waals surface area contributed by atoms with Gasteiger partial charge in [0.05, 0.1) is 5.92 Å². The Morgan fingerprint density at radius 2 is 1.95 bits per heavy atom. The van der Waals surface area contributed by atoms with Gasteiger partial charge in [0.15, 0.2) is 5.78 Å². The van der Waals surface area contributed by atoms with Crippen molar-refractivity contribution in [3.05, 3.63) is 60.2 Å². The van der Waals surface area contributed by atoms with Gasteiger partial charge in [-0.05, 0) is 31.1 Å². The maximum absolute atomic E-state index is 11.7. The molecule has 1 aromatic carbocycles. The Balaban J connectivity index is 2.47. The molecule has 0 aromatic heterocycles. The van der Waals surface area contributed by atoms with Crippen LogP contribution in [0.4, 0.5) is 0 Å². The summed E-state index contributed by atoms with van der Waals surface area (Å²) in [6, 6.07) is 9.49. The van der Waals surface area contributed by atoms with Gasteiger partial charge < -0.3 is 4.74 Å². The number of ketones is 1. The lowest BCUT2D eigenvalue weighted by Gasteiger charge is -2.32. The smallest absolute Gasteiger partial charge is 0.331 e. The summed E-state index contributed by atoms with van der Waals surface area (Å²) in [6.07, 6.45) is 3.09. The van der Waals surface area contributed by atoms with Gasteiger partial charge in [0.2, 0.25) is 0 Å². The minimum atomic E-state index is -0.860. The third-order valence-corrected chi connectivity index (χ3v) is 3.38. The average Bonchev–Trinajstić information content (AvgIpc) is 2.71. The molecule has 0 saturated carbocycles. The Hall–Kier alpha value is -2.16. The van der Waals surface area contributed by atoms with E-state index >= 15 is 0 Å². The van der Waals surface area contributed by atoms with Crippen LogP contribution in [0.15, 0.2) is 54.6 Å². The van der Waals surface area contributed by atoms with Crippen LogP contribution in [0.2, 0.25) is 0 Å². The molecule has 0 unspecified atom stereocenters. The summed E-state index contributed by atoms with van der Waals surface area (Å²) in [6.45, 7) is 7.14. The molecular formula is C16H16O3. The van der Waals surface area contributed by atoms with Gasteiger partial charge in [-0.2, -0.15) is 0 Å². The van der Waals surface area contributed by atoms with Gasteiger partial charge in [-0.1, -0.05) is 36.9 Å². The second-order valence-electron chi connectivity index (χ2n) is 4.86. The standard InChI is InChI=1S/C16H16O3/c1-11(12(2)17)15(13-7-5-4-6-8-13)16(3)10-9-14(18)19-16/h4-10,15H,1H2,2-3H3/t15-,16-/m0/s1. The van der Waals surface area contributed by atoms with Crippen molar-refractivity contribution < 1.29 is 14.3 Å². The van der Waals surface area contributed by atoms with Crippen LogP contribution < -0.4 is 0 Å². The number of rotatable bonds is 4. The normalized spacial score (nSPS) is 22.9. The Kier molecular flexibility index (Phi) is 3.38. The minimum Gasteiger partial charge on any atom is -0.451 e. The van der Waals surface area contributed by atoms with Crippen molar-refractivity contribution in [1.82, 2.24) is 0 Å². The molecule has 98 valence electrons. The maximum atomic E-state index is 11.7. The molecular weight excluding hydrogens is 240 g/mol. The lowest BCUT2D eigenvalue weighted by atomic mass is 9.77. The second-order valence-corrected chi connectivity index (χ2v) is 4.86. The number of hydrogen-bond acceptors (Lipinski definition) is 3. The number of cyclic esters (lactones) is 1. The summed E-state index contributed by atoms with van der Waals surface area (Å²) in [7, 11) is 0. The number of ether oxygens (including phenoxy) is 1. The summed E-state index contributed by atoms with van der Waals surface area (Å²) < 4.78 is 5.37. The summed E-state index contributed by atoms with van der Waals surface area (Å²) in [5, 5.41) is 0. The fourth-order valence-electron chi connectivity index (χ4n) is 2.40.